The van der Waals surface area contributed by atoms with Crippen LogP contribution in [0.3, 0.4) is 0 Å². The van der Waals surface area contributed by atoms with Crippen LogP contribution in [-0.4, -0.2) is 11.6 Å². The van der Waals surface area contributed by atoms with Gasteiger partial charge in [0.25, 0.3) is 0 Å². The summed E-state index contributed by atoms with van der Waals surface area (Å²) < 4.78 is 11.3. The Kier molecular flexibility index (Phi) is 4.59. The topological polar surface area (TPSA) is 31.4 Å². The molecule has 18 heavy (non-hydrogen) atoms. The van der Waals surface area contributed by atoms with Crippen LogP contribution in [0.25, 0.3) is 0 Å². The molecule has 0 unspecified atom stereocenters. The number of nitrogens with zero attached hydrogens (tertiary/aromatic N) is 1. The lowest BCUT2D eigenvalue weighted by Crippen LogP contribution is -1.97. The van der Waals surface area contributed by atoms with Gasteiger partial charge in [-0.2, -0.15) is 0 Å². The molecular weight excluding hydrogens is 294 g/mol. The molecule has 0 saturated carbocycles. The smallest absolute Gasteiger partial charge is 0.223 e. The lowest BCUT2D eigenvalue weighted by atomic mass is 10.3. The van der Waals surface area contributed by atoms with Crippen molar-refractivity contribution in [2.45, 2.75) is 12.3 Å². The number of rotatable bonds is 5. The number of halogens is 1. The van der Waals surface area contributed by atoms with Gasteiger partial charge in [-0.15, -0.1) is 0 Å². The van der Waals surface area contributed by atoms with E-state index in [1.54, 1.807) is 6.20 Å². The van der Waals surface area contributed by atoms with Crippen molar-refractivity contribution in [1.82, 2.24) is 4.98 Å². The Balaban J connectivity index is 2.28. The fourth-order valence-electron chi connectivity index (χ4n) is 1.53. The first kappa shape index (κ1) is 12.9. The summed E-state index contributed by atoms with van der Waals surface area (Å²) in [4.78, 5) is 4.24. The van der Waals surface area contributed by atoms with E-state index in [1.165, 1.54) is 0 Å². The number of hydrogen-bond donors (Lipinski definition) is 0. The first-order chi connectivity index (χ1) is 8.85. The van der Waals surface area contributed by atoms with Gasteiger partial charge in [0, 0.05) is 17.1 Å². The van der Waals surface area contributed by atoms with Crippen molar-refractivity contribution in [2.24, 2.45) is 0 Å². The van der Waals surface area contributed by atoms with Gasteiger partial charge < -0.3 is 9.47 Å². The van der Waals surface area contributed by atoms with Gasteiger partial charge in [0.15, 0.2) is 11.5 Å². The number of ether oxygens (including phenoxy) is 2. The molecule has 1 aromatic heterocycles. The minimum atomic E-state index is 0.599. The van der Waals surface area contributed by atoms with E-state index in [-0.39, 0.29) is 0 Å². The molecule has 0 amide bonds. The van der Waals surface area contributed by atoms with Crippen molar-refractivity contribution in [3.63, 3.8) is 0 Å². The van der Waals surface area contributed by atoms with Crippen molar-refractivity contribution >= 4 is 15.9 Å². The molecule has 1 aromatic carbocycles. The fourth-order valence-corrected chi connectivity index (χ4v) is 1.96. The molecule has 0 aliphatic carbocycles. The maximum absolute atomic E-state index is 5.82. The fraction of sp³-hybridized carbons (Fsp3) is 0.214. The quantitative estimate of drug-likeness (QED) is 0.777. The second kappa shape index (κ2) is 6.40. The van der Waals surface area contributed by atoms with Gasteiger partial charge in [-0.1, -0.05) is 34.1 Å². The predicted octanol–water partition coefficient (Wildman–Crippen LogP) is 4.17. The van der Waals surface area contributed by atoms with E-state index in [1.807, 2.05) is 43.3 Å². The van der Waals surface area contributed by atoms with E-state index in [4.69, 9.17) is 9.47 Å². The van der Waals surface area contributed by atoms with Gasteiger partial charge >= 0.3 is 0 Å². The Morgan fingerprint density at radius 1 is 1.11 bits per heavy atom. The van der Waals surface area contributed by atoms with E-state index < -0.39 is 0 Å². The molecule has 94 valence electrons. The van der Waals surface area contributed by atoms with Crippen molar-refractivity contribution in [3.8, 4) is 17.4 Å². The van der Waals surface area contributed by atoms with Crippen LogP contribution < -0.4 is 9.47 Å². The zero-order valence-electron chi connectivity index (χ0n) is 10.1. The largest absolute Gasteiger partial charge is 0.490 e. The van der Waals surface area contributed by atoms with Crippen molar-refractivity contribution < 1.29 is 9.47 Å². The van der Waals surface area contributed by atoms with Crippen molar-refractivity contribution in [2.75, 3.05) is 6.61 Å². The minimum absolute atomic E-state index is 0.599. The van der Waals surface area contributed by atoms with Crippen LogP contribution in [0.15, 0.2) is 42.6 Å². The lowest BCUT2D eigenvalue weighted by molar-refractivity contribution is 0.319. The van der Waals surface area contributed by atoms with Crippen LogP contribution in [0.5, 0.6) is 17.4 Å². The highest BCUT2D eigenvalue weighted by Gasteiger charge is 2.08. The Hall–Kier alpha value is -1.55. The summed E-state index contributed by atoms with van der Waals surface area (Å²) in [6.07, 6.45) is 1.71. The van der Waals surface area contributed by atoms with Gasteiger partial charge in [0.05, 0.1) is 6.61 Å². The molecule has 0 atom stereocenters. The maximum atomic E-state index is 5.82. The molecule has 3 nitrogen and oxygen atoms in total. The molecule has 1 heterocycles. The van der Waals surface area contributed by atoms with E-state index in [9.17, 15) is 0 Å². The first-order valence-electron chi connectivity index (χ1n) is 5.74. The monoisotopic (exact) mass is 307 g/mol. The molecule has 0 saturated heterocycles. The Bertz CT molecular complexity index is 517. The molecule has 0 bridgehead atoms. The third kappa shape index (κ3) is 3.01. The summed E-state index contributed by atoms with van der Waals surface area (Å²) in [5.41, 5.74) is 1.00. The molecule has 0 aliphatic heterocycles. The molecular formula is C14H14BrNO2. The molecule has 2 aromatic rings. The van der Waals surface area contributed by atoms with E-state index >= 15 is 0 Å². The zero-order chi connectivity index (χ0) is 12.8. The molecule has 0 aliphatic rings. The standard InChI is InChI=1S/C14H14BrNO2/c1-2-17-12-7-3-4-8-13(12)18-14-11(10-15)6-5-9-16-14/h3-9H,2,10H2,1H3. The minimum Gasteiger partial charge on any atom is -0.490 e. The van der Waals surface area contributed by atoms with Crippen LogP contribution in [0, 0.1) is 0 Å². The molecule has 2 rings (SSSR count). The number of para-hydroxylation sites is 2. The maximum Gasteiger partial charge on any atom is 0.223 e. The van der Waals surface area contributed by atoms with E-state index in [0.717, 1.165) is 11.3 Å². The van der Waals surface area contributed by atoms with Crippen LogP contribution in [-0.2, 0) is 5.33 Å². The number of hydrogen-bond acceptors (Lipinski definition) is 3. The zero-order valence-corrected chi connectivity index (χ0v) is 11.7. The van der Waals surface area contributed by atoms with E-state index in [0.29, 0.717) is 23.6 Å². The summed E-state index contributed by atoms with van der Waals surface area (Å²) in [6.45, 7) is 2.55. The number of aromatic nitrogens is 1. The SMILES string of the molecule is CCOc1ccccc1Oc1ncccc1CBr. The van der Waals surface area contributed by atoms with Crippen LogP contribution in [0.2, 0.25) is 0 Å². The van der Waals surface area contributed by atoms with Gasteiger partial charge in [-0.3, -0.25) is 0 Å². The molecule has 0 N–H and O–H groups in total. The van der Waals surface area contributed by atoms with Gasteiger partial charge in [0.2, 0.25) is 5.88 Å². The third-order valence-electron chi connectivity index (χ3n) is 2.35. The van der Waals surface area contributed by atoms with Crippen molar-refractivity contribution in [3.05, 3.63) is 48.2 Å². The van der Waals surface area contributed by atoms with Crippen LogP contribution >= 0.6 is 15.9 Å². The van der Waals surface area contributed by atoms with Gasteiger partial charge in [-0.05, 0) is 25.1 Å². The Morgan fingerprint density at radius 2 is 1.89 bits per heavy atom. The highest BCUT2D eigenvalue weighted by atomic mass is 79.9. The molecule has 4 heteroatoms. The number of benzene rings is 1. The van der Waals surface area contributed by atoms with Gasteiger partial charge in [0.1, 0.15) is 0 Å². The molecule has 0 radical (unpaired) electrons. The third-order valence-corrected chi connectivity index (χ3v) is 2.95. The van der Waals surface area contributed by atoms with Crippen LogP contribution in [0.4, 0.5) is 0 Å². The molecule has 0 fully saturated rings. The Labute approximate surface area is 115 Å². The highest BCUT2D eigenvalue weighted by Crippen LogP contribution is 2.32. The number of pyridine rings is 1. The molecule has 0 spiro atoms. The second-order valence-corrected chi connectivity index (χ2v) is 4.14. The van der Waals surface area contributed by atoms with Crippen molar-refractivity contribution in [1.29, 1.82) is 0 Å². The van der Waals surface area contributed by atoms with Crippen LogP contribution in [0.1, 0.15) is 12.5 Å². The summed E-state index contributed by atoms with van der Waals surface area (Å²) in [6, 6.07) is 11.4. The van der Waals surface area contributed by atoms with E-state index in [2.05, 4.69) is 20.9 Å². The number of alkyl halides is 1. The summed E-state index contributed by atoms with van der Waals surface area (Å²) >= 11 is 3.42. The summed E-state index contributed by atoms with van der Waals surface area (Å²) in [7, 11) is 0. The highest BCUT2D eigenvalue weighted by molar-refractivity contribution is 9.08. The van der Waals surface area contributed by atoms with Gasteiger partial charge in [-0.25, -0.2) is 4.98 Å². The average Bonchev–Trinajstić information content (AvgIpc) is 2.42. The summed E-state index contributed by atoms with van der Waals surface area (Å²) in [5.74, 6) is 2.01. The predicted molar refractivity (Wildman–Crippen MR) is 74.6 cm³/mol. The normalized spacial score (nSPS) is 10.1. The first-order valence-corrected chi connectivity index (χ1v) is 6.86. The average molecular weight is 308 g/mol. The Morgan fingerprint density at radius 3 is 2.61 bits per heavy atom. The lowest BCUT2D eigenvalue weighted by Gasteiger charge is -2.12. The second-order valence-electron chi connectivity index (χ2n) is 3.58. The summed E-state index contributed by atoms with van der Waals surface area (Å²) in [5, 5.41) is 0.701.